The molecule has 0 aliphatic carbocycles. The monoisotopic (exact) mass is 355 g/mol. The van der Waals surface area contributed by atoms with Gasteiger partial charge in [-0.1, -0.05) is 36.9 Å². The van der Waals surface area contributed by atoms with Crippen molar-refractivity contribution in [1.82, 2.24) is 10.2 Å². The highest BCUT2D eigenvalue weighted by molar-refractivity contribution is 7.99. The molecule has 0 spiro atoms. The summed E-state index contributed by atoms with van der Waals surface area (Å²) in [4.78, 5) is 13.1. The maximum atomic E-state index is 12.0. The smallest absolute Gasteiger partial charge is 0.234 e. The molecule has 3 rings (SSSR count). The van der Waals surface area contributed by atoms with Crippen LogP contribution in [0.15, 0.2) is 58.9 Å². The molecule has 0 atom stereocenters. The van der Waals surface area contributed by atoms with Gasteiger partial charge < -0.3 is 5.32 Å². The van der Waals surface area contributed by atoms with Crippen molar-refractivity contribution in [2.45, 2.75) is 18.4 Å². The average molecular weight is 355 g/mol. The van der Waals surface area contributed by atoms with Crippen molar-refractivity contribution >= 4 is 34.7 Å². The fourth-order valence-electron chi connectivity index (χ4n) is 2.11. The highest BCUT2D eigenvalue weighted by Crippen LogP contribution is 2.23. The van der Waals surface area contributed by atoms with Crippen LogP contribution in [0.3, 0.4) is 0 Å². The van der Waals surface area contributed by atoms with Gasteiger partial charge >= 0.3 is 0 Å². The van der Waals surface area contributed by atoms with Crippen molar-refractivity contribution < 1.29 is 4.79 Å². The number of aryl methyl sites for hydroxylation is 1. The Hall–Kier alpha value is -2.18. The number of nitrogens with one attached hydrogen (secondary N) is 1. The molecule has 1 N–H and O–H groups in total. The van der Waals surface area contributed by atoms with Crippen LogP contribution in [0, 0.1) is 0 Å². The number of anilines is 1. The van der Waals surface area contributed by atoms with E-state index in [2.05, 4.69) is 22.4 Å². The highest BCUT2D eigenvalue weighted by atomic mass is 32.2. The minimum atomic E-state index is -0.0478. The molecule has 2 heterocycles. The van der Waals surface area contributed by atoms with Crippen molar-refractivity contribution in [3.05, 3.63) is 59.5 Å². The van der Waals surface area contributed by atoms with Crippen LogP contribution in [-0.4, -0.2) is 21.9 Å². The predicted octanol–water partition coefficient (Wildman–Crippen LogP) is 4.50. The molecule has 122 valence electrons. The SMILES string of the molecule is CCc1ccc(NC(=O)CSc2ccc(-c3cccs3)nn2)cc1. The van der Waals surface area contributed by atoms with Gasteiger partial charge in [0.25, 0.3) is 0 Å². The molecule has 0 fully saturated rings. The number of benzene rings is 1. The van der Waals surface area contributed by atoms with E-state index in [-0.39, 0.29) is 5.91 Å². The van der Waals surface area contributed by atoms with Gasteiger partial charge in [0.05, 0.1) is 10.6 Å². The largest absolute Gasteiger partial charge is 0.325 e. The first-order chi connectivity index (χ1) is 11.7. The topological polar surface area (TPSA) is 54.9 Å². The highest BCUT2D eigenvalue weighted by Gasteiger charge is 2.06. The molecule has 4 nitrogen and oxygen atoms in total. The van der Waals surface area contributed by atoms with Gasteiger partial charge in [-0.05, 0) is 47.7 Å². The molecule has 0 aliphatic rings. The lowest BCUT2D eigenvalue weighted by atomic mass is 10.1. The van der Waals surface area contributed by atoms with Crippen molar-refractivity contribution in [1.29, 1.82) is 0 Å². The number of thioether (sulfide) groups is 1. The first kappa shape index (κ1) is 16.7. The van der Waals surface area contributed by atoms with Gasteiger partial charge in [0.1, 0.15) is 10.7 Å². The number of thiophene rings is 1. The number of aromatic nitrogens is 2. The van der Waals surface area contributed by atoms with Crippen LogP contribution in [0.25, 0.3) is 10.6 Å². The predicted molar refractivity (Wildman–Crippen MR) is 101 cm³/mol. The Morgan fingerprint density at radius 2 is 1.96 bits per heavy atom. The van der Waals surface area contributed by atoms with Gasteiger partial charge in [-0.3, -0.25) is 4.79 Å². The second kappa shape index (κ2) is 8.08. The molecule has 2 aromatic heterocycles. The molecule has 1 aromatic carbocycles. The molecule has 0 radical (unpaired) electrons. The summed E-state index contributed by atoms with van der Waals surface area (Å²) in [6.45, 7) is 2.11. The lowest BCUT2D eigenvalue weighted by Gasteiger charge is -2.06. The van der Waals surface area contributed by atoms with Crippen LogP contribution < -0.4 is 5.32 Å². The fraction of sp³-hybridized carbons (Fsp3) is 0.167. The molecule has 6 heteroatoms. The zero-order valence-electron chi connectivity index (χ0n) is 13.2. The van der Waals surface area contributed by atoms with Crippen LogP contribution in [0.1, 0.15) is 12.5 Å². The lowest BCUT2D eigenvalue weighted by Crippen LogP contribution is -2.14. The van der Waals surface area contributed by atoms with Crippen LogP contribution in [0.2, 0.25) is 0 Å². The second-order valence-corrected chi connectivity index (χ2v) is 7.06. The van der Waals surface area contributed by atoms with Crippen LogP contribution in [0.5, 0.6) is 0 Å². The second-order valence-electron chi connectivity index (χ2n) is 5.12. The van der Waals surface area contributed by atoms with Crippen molar-refractivity contribution in [2.75, 3.05) is 11.1 Å². The standard InChI is InChI=1S/C18H17N3OS2/c1-2-13-5-7-14(8-6-13)19-17(22)12-24-18-10-9-15(20-21-18)16-4-3-11-23-16/h3-11H,2,12H2,1H3,(H,19,22). The van der Waals surface area contributed by atoms with E-state index in [1.54, 1.807) is 11.3 Å². The number of hydrogen-bond donors (Lipinski definition) is 1. The normalized spacial score (nSPS) is 10.5. The molecule has 24 heavy (non-hydrogen) atoms. The Balaban J connectivity index is 1.52. The summed E-state index contributed by atoms with van der Waals surface area (Å²) in [5.41, 5.74) is 2.93. The summed E-state index contributed by atoms with van der Waals surface area (Å²) >= 11 is 3.01. The maximum Gasteiger partial charge on any atom is 0.234 e. The molecular weight excluding hydrogens is 338 g/mol. The van der Waals surface area contributed by atoms with Gasteiger partial charge in [0, 0.05) is 5.69 Å². The fourth-order valence-corrected chi connectivity index (χ4v) is 3.42. The first-order valence-corrected chi connectivity index (χ1v) is 9.50. The minimum Gasteiger partial charge on any atom is -0.325 e. The Bertz CT molecular complexity index is 784. The number of nitrogens with zero attached hydrogens (tertiary/aromatic N) is 2. The summed E-state index contributed by atoms with van der Waals surface area (Å²) in [7, 11) is 0. The molecule has 0 saturated carbocycles. The van der Waals surface area contributed by atoms with E-state index in [4.69, 9.17) is 0 Å². The van der Waals surface area contributed by atoms with E-state index < -0.39 is 0 Å². The van der Waals surface area contributed by atoms with Gasteiger partial charge in [0.2, 0.25) is 5.91 Å². The van der Waals surface area contributed by atoms with E-state index in [1.165, 1.54) is 17.3 Å². The Morgan fingerprint density at radius 1 is 1.12 bits per heavy atom. The van der Waals surface area contributed by atoms with E-state index in [1.807, 2.05) is 53.9 Å². The van der Waals surface area contributed by atoms with Gasteiger partial charge in [-0.2, -0.15) is 0 Å². The summed E-state index contributed by atoms with van der Waals surface area (Å²) in [6.07, 6.45) is 0.990. The Labute approximate surface area is 149 Å². The summed E-state index contributed by atoms with van der Waals surface area (Å²) in [6, 6.07) is 15.7. The molecule has 0 saturated heterocycles. The number of rotatable bonds is 6. The molecule has 0 aliphatic heterocycles. The quantitative estimate of drug-likeness (QED) is 0.662. The average Bonchev–Trinajstić information content (AvgIpc) is 3.16. The first-order valence-electron chi connectivity index (χ1n) is 7.64. The maximum absolute atomic E-state index is 12.0. The van der Waals surface area contributed by atoms with Crippen LogP contribution in [0.4, 0.5) is 5.69 Å². The number of hydrogen-bond acceptors (Lipinski definition) is 5. The Morgan fingerprint density at radius 3 is 2.58 bits per heavy atom. The number of carbonyl (C=O) groups excluding carboxylic acids is 1. The summed E-state index contributed by atoms with van der Waals surface area (Å²) in [5.74, 6) is 0.260. The third-order valence-corrected chi connectivity index (χ3v) is 5.22. The molecule has 3 aromatic rings. The van der Waals surface area contributed by atoms with E-state index in [9.17, 15) is 4.79 Å². The zero-order valence-corrected chi connectivity index (χ0v) is 14.9. The van der Waals surface area contributed by atoms with Gasteiger partial charge in [-0.15, -0.1) is 21.5 Å². The molecule has 0 bridgehead atoms. The Kier molecular flexibility index (Phi) is 5.61. The van der Waals surface area contributed by atoms with E-state index in [0.29, 0.717) is 5.75 Å². The third-order valence-electron chi connectivity index (χ3n) is 3.41. The zero-order chi connectivity index (χ0) is 16.8. The lowest BCUT2D eigenvalue weighted by molar-refractivity contribution is -0.113. The number of amides is 1. The van der Waals surface area contributed by atoms with Gasteiger partial charge in [0.15, 0.2) is 0 Å². The minimum absolute atomic E-state index is 0.0478. The van der Waals surface area contributed by atoms with Gasteiger partial charge in [-0.25, -0.2) is 0 Å². The molecular formula is C18H17N3OS2. The van der Waals surface area contributed by atoms with Crippen molar-refractivity contribution in [2.24, 2.45) is 0 Å². The van der Waals surface area contributed by atoms with E-state index in [0.717, 1.165) is 27.7 Å². The third kappa shape index (κ3) is 4.43. The molecule has 1 amide bonds. The molecule has 0 unspecified atom stereocenters. The van der Waals surface area contributed by atoms with Crippen LogP contribution >= 0.6 is 23.1 Å². The number of carbonyl (C=O) groups is 1. The summed E-state index contributed by atoms with van der Waals surface area (Å²) < 4.78 is 0. The summed E-state index contributed by atoms with van der Waals surface area (Å²) in [5, 5.41) is 14.0. The van der Waals surface area contributed by atoms with Crippen molar-refractivity contribution in [3.8, 4) is 10.6 Å². The van der Waals surface area contributed by atoms with E-state index >= 15 is 0 Å². The van der Waals surface area contributed by atoms with Crippen LogP contribution in [-0.2, 0) is 11.2 Å². The van der Waals surface area contributed by atoms with Crippen molar-refractivity contribution in [3.63, 3.8) is 0 Å².